The Bertz CT molecular complexity index is 683. The maximum Gasteiger partial charge on any atom is 0.323 e. The van der Waals surface area contributed by atoms with Crippen molar-refractivity contribution in [1.29, 1.82) is 0 Å². The Morgan fingerprint density at radius 2 is 2.26 bits per heavy atom. The molecule has 1 aromatic carbocycles. The van der Waals surface area contributed by atoms with Gasteiger partial charge in [-0.15, -0.1) is 0 Å². The molecular weight excluding hydrogens is 300 g/mol. The number of rotatable bonds is 4. The summed E-state index contributed by atoms with van der Waals surface area (Å²) in [4.78, 5) is 21.4. The van der Waals surface area contributed by atoms with Crippen LogP contribution in [-0.2, 0) is 29.0 Å². The molecule has 3 rings (SSSR count). The Labute approximate surface area is 132 Å². The summed E-state index contributed by atoms with van der Waals surface area (Å²) in [5.41, 5.74) is 2.96. The quantitative estimate of drug-likeness (QED) is 0.645. The van der Waals surface area contributed by atoms with Crippen LogP contribution in [0.4, 0.5) is 5.69 Å². The lowest BCUT2D eigenvalue weighted by Gasteiger charge is -2.33. The van der Waals surface area contributed by atoms with Crippen molar-refractivity contribution in [2.24, 2.45) is 0 Å². The lowest BCUT2D eigenvalue weighted by atomic mass is 10.0. The zero-order valence-electron chi connectivity index (χ0n) is 12.6. The van der Waals surface area contributed by atoms with E-state index in [-0.39, 0.29) is 16.9 Å². The fourth-order valence-corrected chi connectivity index (χ4v) is 2.79. The molecule has 0 saturated heterocycles. The predicted octanol–water partition coefficient (Wildman–Crippen LogP) is 1.20. The van der Waals surface area contributed by atoms with Gasteiger partial charge in [0.15, 0.2) is 0 Å². The number of carbonyl (C=O) groups is 1. The van der Waals surface area contributed by atoms with Crippen molar-refractivity contribution < 1.29 is 14.7 Å². The monoisotopic (exact) mass is 317 g/mol. The van der Waals surface area contributed by atoms with Gasteiger partial charge < -0.3 is 20.2 Å². The average molecular weight is 317 g/mol. The van der Waals surface area contributed by atoms with Gasteiger partial charge in [0.1, 0.15) is 6.04 Å². The first-order chi connectivity index (χ1) is 11.1. The lowest BCUT2D eigenvalue weighted by molar-refractivity contribution is -0.148. The van der Waals surface area contributed by atoms with Crippen molar-refractivity contribution in [2.45, 2.75) is 25.6 Å². The number of hydrogen-bond acceptors (Lipinski definition) is 7. The van der Waals surface area contributed by atoms with Gasteiger partial charge in [0, 0.05) is 19.5 Å². The highest BCUT2D eigenvalue weighted by Gasteiger charge is 2.33. The molecule has 8 nitrogen and oxygen atoms in total. The summed E-state index contributed by atoms with van der Waals surface area (Å²) in [6.45, 7) is 1.08. The first-order valence-electron chi connectivity index (χ1n) is 7.16. The van der Waals surface area contributed by atoms with Crippen molar-refractivity contribution in [2.75, 3.05) is 12.3 Å². The fraction of sp³-hybridized carbons (Fsp3) is 0.333. The molecule has 2 heterocycles. The van der Waals surface area contributed by atoms with Crippen LogP contribution in [0.2, 0.25) is 0 Å². The molecule has 0 aliphatic carbocycles. The van der Waals surface area contributed by atoms with E-state index in [1.54, 1.807) is 18.5 Å². The maximum atomic E-state index is 12.1. The molecule has 2 aromatic rings. The third-order valence-corrected chi connectivity index (χ3v) is 4.01. The van der Waals surface area contributed by atoms with E-state index < -0.39 is 6.04 Å². The Morgan fingerprint density at radius 3 is 2.91 bits per heavy atom. The van der Waals surface area contributed by atoms with Crippen LogP contribution in [-0.4, -0.2) is 39.2 Å². The van der Waals surface area contributed by atoms with E-state index in [9.17, 15) is 10.0 Å². The number of fused-ring (bicyclic) bond motifs is 1. The molecular formula is C15H17N4O4-. The summed E-state index contributed by atoms with van der Waals surface area (Å²) < 4.78 is 4.90. The molecule has 8 heteroatoms. The minimum absolute atomic E-state index is 0.160. The van der Waals surface area contributed by atoms with Crippen LogP contribution < -0.4 is 5.23 Å². The summed E-state index contributed by atoms with van der Waals surface area (Å²) in [6, 6.07) is 6.15. The SMILES string of the molecule is COC(=O)C1Cc2nc[nH]c2CN1Cc1ccc(N([O-])O)cc1. The van der Waals surface area contributed by atoms with Crippen LogP contribution in [0.3, 0.4) is 0 Å². The number of hydrogen-bond donors (Lipinski definition) is 2. The molecule has 1 aliphatic rings. The van der Waals surface area contributed by atoms with Crippen LogP contribution in [0.25, 0.3) is 0 Å². The molecule has 1 atom stereocenters. The highest BCUT2D eigenvalue weighted by molar-refractivity contribution is 5.76. The number of carbonyl (C=O) groups excluding carboxylic acids is 1. The molecule has 0 saturated carbocycles. The van der Waals surface area contributed by atoms with Crippen LogP contribution in [0.1, 0.15) is 17.0 Å². The van der Waals surface area contributed by atoms with E-state index in [1.807, 2.05) is 4.90 Å². The smallest absolute Gasteiger partial charge is 0.323 e. The lowest BCUT2D eigenvalue weighted by Crippen LogP contribution is -2.45. The molecule has 1 aliphatic heterocycles. The van der Waals surface area contributed by atoms with Gasteiger partial charge >= 0.3 is 5.97 Å². The second-order valence-electron chi connectivity index (χ2n) is 5.42. The Hall–Kier alpha value is -2.42. The summed E-state index contributed by atoms with van der Waals surface area (Å²) in [7, 11) is 1.37. The zero-order valence-corrected chi connectivity index (χ0v) is 12.6. The molecule has 0 radical (unpaired) electrons. The van der Waals surface area contributed by atoms with Crippen molar-refractivity contribution in [3.05, 3.63) is 52.8 Å². The first kappa shape index (κ1) is 15.5. The number of nitrogens with zero attached hydrogens (tertiary/aromatic N) is 3. The molecule has 122 valence electrons. The van der Waals surface area contributed by atoms with Gasteiger partial charge in [-0.2, -0.15) is 0 Å². The predicted molar refractivity (Wildman–Crippen MR) is 81.4 cm³/mol. The second-order valence-corrected chi connectivity index (χ2v) is 5.42. The number of nitrogens with one attached hydrogen (secondary N) is 1. The minimum atomic E-state index is -0.399. The molecule has 23 heavy (non-hydrogen) atoms. The molecule has 0 amide bonds. The van der Waals surface area contributed by atoms with Crippen molar-refractivity contribution in [1.82, 2.24) is 14.9 Å². The van der Waals surface area contributed by atoms with Crippen molar-refractivity contribution in [3.63, 3.8) is 0 Å². The number of aromatic amines is 1. The molecule has 1 unspecified atom stereocenters. The van der Waals surface area contributed by atoms with E-state index in [0.29, 0.717) is 19.5 Å². The highest BCUT2D eigenvalue weighted by atomic mass is 16.8. The van der Waals surface area contributed by atoms with Gasteiger partial charge in [-0.25, -0.2) is 4.98 Å². The topological polar surface area (TPSA) is 105 Å². The fourth-order valence-electron chi connectivity index (χ4n) is 2.79. The van der Waals surface area contributed by atoms with E-state index in [0.717, 1.165) is 17.0 Å². The Morgan fingerprint density at radius 1 is 1.52 bits per heavy atom. The van der Waals surface area contributed by atoms with Crippen LogP contribution in [0.15, 0.2) is 30.6 Å². The van der Waals surface area contributed by atoms with Gasteiger partial charge in [0.2, 0.25) is 0 Å². The van der Waals surface area contributed by atoms with Gasteiger partial charge in [0.25, 0.3) is 0 Å². The maximum absolute atomic E-state index is 12.1. The molecule has 1 aromatic heterocycles. The molecule has 0 bridgehead atoms. The number of esters is 1. The van der Waals surface area contributed by atoms with E-state index >= 15 is 0 Å². The van der Waals surface area contributed by atoms with Gasteiger partial charge in [-0.3, -0.25) is 14.9 Å². The van der Waals surface area contributed by atoms with Crippen molar-refractivity contribution >= 4 is 11.7 Å². The number of ether oxygens (including phenoxy) is 1. The van der Waals surface area contributed by atoms with Crippen molar-refractivity contribution in [3.8, 4) is 0 Å². The number of benzene rings is 1. The van der Waals surface area contributed by atoms with Gasteiger partial charge in [-0.05, 0) is 17.7 Å². The number of imidazole rings is 1. The number of aromatic nitrogens is 2. The number of methoxy groups -OCH3 is 1. The number of H-pyrrole nitrogens is 1. The van der Waals surface area contributed by atoms with E-state index in [2.05, 4.69) is 9.97 Å². The summed E-state index contributed by atoms with van der Waals surface area (Å²) in [6.07, 6.45) is 2.12. The zero-order chi connectivity index (χ0) is 16.4. The third kappa shape index (κ3) is 3.19. The number of anilines is 1. The Kier molecular flexibility index (Phi) is 4.28. The average Bonchev–Trinajstić information content (AvgIpc) is 3.01. The van der Waals surface area contributed by atoms with Crippen LogP contribution >= 0.6 is 0 Å². The molecule has 2 N–H and O–H groups in total. The van der Waals surface area contributed by atoms with Gasteiger partial charge in [-0.1, -0.05) is 12.1 Å². The summed E-state index contributed by atoms with van der Waals surface area (Å²) >= 11 is 0. The van der Waals surface area contributed by atoms with E-state index in [4.69, 9.17) is 9.94 Å². The highest BCUT2D eigenvalue weighted by Crippen LogP contribution is 2.24. The van der Waals surface area contributed by atoms with E-state index in [1.165, 1.54) is 19.2 Å². The largest absolute Gasteiger partial charge is 0.733 e. The normalized spacial score (nSPS) is 17.6. The summed E-state index contributed by atoms with van der Waals surface area (Å²) in [5.74, 6) is -0.295. The standard InChI is InChI=1S/C15H17N4O4/c1-23-15(20)14-6-12-13(17-9-16-12)8-18(14)7-10-2-4-11(5-3-10)19(21)22/h2-5,9,14,21H,6-8H2,1H3,(H,16,17)/q-1. The molecule has 0 fully saturated rings. The minimum Gasteiger partial charge on any atom is -0.733 e. The first-order valence-corrected chi connectivity index (χ1v) is 7.16. The van der Waals surface area contributed by atoms with Crippen LogP contribution in [0.5, 0.6) is 0 Å². The second kappa shape index (κ2) is 6.37. The Balaban J connectivity index is 1.80. The van der Waals surface area contributed by atoms with Gasteiger partial charge in [0.05, 0.1) is 30.5 Å². The molecule has 0 spiro atoms. The van der Waals surface area contributed by atoms with Crippen LogP contribution in [0, 0.1) is 5.21 Å². The summed E-state index contributed by atoms with van der Waals surface area (Å²) in [5, 5.41) is 19.5. The third-order valence-electron chi connectivity index (χ3n) is 4.01.